The van der Waals surface area contributed by atoms with Crippen molar-refractivity contribution in [2.45, 2.75) is 43.9 Å². The van der Waals surface area contributed by atoms with Gasteiger partial charge in [0.05, 0.1) is 6.10 Å². The van der Waals surface area contributed by atoms with Crippen molar-refractivity contribution in [3.63, 3.8) is 0 Å². The third-order valence-corrected chi connectivity index (χ3v) is 3.63. The molecule has 2 aliphatic heterocycles. The Morgan fingerprint density at radius 1 is 1.47 bits per heavy atom. The van der Waals surface area contributed by atoms with Crippen LogP contribution in [0.25, 0.3) is 0 Å². The molecular weight excluding hydrogens is 218 g/mol. The fourth-order valence-electron chi connectivity index (χ4n) is 2.65. The van der Waals surface area contributed by atoms with Crippen molar-refractivity contribution in [1.82, 2.24) is 10.2 Å². The molecule has 0 saturated carbocycles. The number of carbonyl (C=O) groups is 1. The van der Waals surface area contributed by atoms with E-state index in [1.807, 2.05) is 0 Å². The van der Waals surface area contributed by atoms with Gasteiger partial charge in [-0.2, -0.15) is 0 Å². The van der Waals surface area contributed by atoms with E-state index in [9.17, 15) is 4.79 Å². The summed E-state index contributed by atoms with van der Waals surface area (Å²) in [5, 5.41) is 3.09. The van der Waals surface area contributed by atoms with E-state index < -0.39 is 0 Å². The molecule has 5 heteroatoms. The first-order valence-corrected chi connectivity index (χ1v) is 6.53. The Morgan fingerprint density at radius 3 is 2.94 bits per heavy atom. The van der Waals surface area contributed by atoms with Crippen LogP contribution in [0.3, 0.4) is 0 Å². The van der Waals surface area contributed by atoms with Gasteiger partial charge in [-0.15, -0.1) is 0 Å². The number of likely N-dealkylation sites (tertiary alicyclic amines) is 1. The number of likely N-dealkylation sites (N-methyl/N-ethyl adjacent to an activating group) is 1. The quantitative estimate of drug-likeness (QED) is 0.712. The highest BCUT2D eigenvalue weighted by Gasteiger charge is 2.31. The van der Waals surface area contributed by atoms with E-state index >= 15 is 0 Å². The van der Waals surface area contributed by atoms with E-state index in [1.54, 1.807) is 0 Å². The summed E-state index contributed by atoms with van der Waals surface area (Å²) < 4.78 is 5.59. The van der Waals surface area contributed by atoms with Gasteiger partial charge >= 0.3 is 0 Å². The Kier molecular flexibility index (Phi) is 4.36. The number of hydrogen-bond donors (Lipinski definition) is 2. The molecule has 1 amide bonds. The van der Waals surface area contributed by atoms with Gasteiger partial charge in [0.25, 0.3) is 0 Å². The lowest BCUT2D eigenvalue weighted by Gasteiger charge is -2.30. The van der Waals surface area contributed by atoms with Crippen molar-refractivity contribution in [3.8, 4) is 0 Å². The fraction of sp³-hybridized carbons (Fsp3) is 0.917. The van der Waals surface area contributed by atoms with Gasteiger partial charge in [-0.25, -0.2) is 0 Å². The molecule has 3 N–H and O–H groups in total. The molecule has 0 aromatic heterocycles. The molecule has 3 atom stereocenters. The number of carbonyl (C=O) groups excluding carboxylic acids is 1. The maximum atomic E-state index is 12.0. The topological polar surface area (TPSA) is 67.6 Å². The Morgan fingerprint density at radius 2 is 2.29 bits per heavy atom. The number of ether oxygens (including phenoxy) is 1. The van der Waals surface area contributed by atoms with Crippen LogP contribution in [0, 0.1) is 0 Å². The Balaban J connectivity index is 1.77. The van der Waals surface area contributed by atoms with Crippen molar-refractivity contribution >= 4 is 5.91 Å². The molecular formula is C12H23N3O2. The third kappa shape index (κ3) is 3.40. The number of rotatable bonds is 3. The lowest BCUT2D eigenvalue weighted by atomic mass is 10.1. The summed E-state index contributed by atoms with van der Waals surface area (Å²) in [6.45, 7) is 2.58. The van der Waals surface area contributed by atoms with Crippen LogP contribution >= 0.6 is 0 Å². The molecule has 0 aromatic rings. The van der Waals surface area contributed by atoms with E-state index in [2.05, 4.69) is 17.3 Å². The van der Waals surface area contributed by atoms with Gasteiger partial charge < -0.3 is 20.7 Å². The molecule has 0 aliphatic carbocycles. The average Bonchev–Trinajstić information content (AvgIpc) is 2.77. The molecule has 0 radical (unpaired) electrons. The highest BCUT2D eigenvalue weighted by atomic mass is 16.5. The molecule has 5 nitrogen and oxygen atoms in total. The molecule has 0 spiro atoms. The monoisotopic (exact) mass is 241 g/mol. The first-order valence-electron chi connectivity index (χ1n) is 6.53. The molecule has 0 bridgehead atoms. The summed E-state index contributed by atoms with van der Waals surface area (Å²) in [4.78, 5) is 14.2. The first-order chi connectivity index (χ1) is 8.19. The molecule has 17 heavy (non-hydrogen) atoms. The van der Waals surface area contributed by atoms with Gasteiger partial charge in [0.15, 0.2) is 0 Å². The SMILES string of the molecule is CN1CCCC(NC(=O)C2CCC(CN)O2)C1. The van der Waals surface area contributed by atoms with Crippen molar-refractivity contribution in [1.29, 1.82) is 0 Å². The number of amides is 1. The van der Waals surface area contributed by atoms with E-state index in [0.717, 1.165) is 38.8 Å². The van der Waals surface area contributed by atoms with E-state index in [-0.39, 0.29) is 24.2 Å². The highest BCUT2D eigenvalue weighted by Crippen LogP contribution is 2.19. The predicted octanol–water partition coefficient (Wildman–Crippen LogP) is -0.297. The van der Waals surface area contributed by atoms with Crippen LogP contribution in [-0.4, -0.2) is 55.7 Å². The van der Waals surface area contributed by atoms with Crippen LogP contribution in [0.15, 0.2) is 0 Å². The summed E-state index contributed by atoms with van der Waals surface area (Å²) in [5.41, 5.74) is 5.54. The number of hydrogen-bond acceptors (Lipinski definition) is 4. The van der Waals surface area contributed by atoms with E-state index in [4.69, 9.17) is 10.5 Å². The second-order valence-electron chi connectivity index (χ2n) is 5.17. The van der Waals surface area contributed by atoms with Crippen molar-refractivity contribution in [2.24, 2.45) is 5.73 Å². The van der Waals surface area contributed by atoms with Gasteiger partial charge in [-0.1, -0.05) is 0 Å². The maximum absolute atomic E-state index is 12.0. The zero-order valence-corrected chi connectivity index (χ0v) is 10.5. The average molecular weight is 241 g/mol. The van der Waals surface area contributed by atoms with Gasteiger partial charge in [-0.3, -0.25) is 4.79 Å². The van der Waals surface area contributed by atoms with Crippen LogP contribution in [0.2, 0.25) is 0 Å². The number of piperidine rings is 1. The largest absolute Gasteiger partial charge is 0.364 e. The van der Waals surface area contributed by atoms with Crippen LogP contribution in [0.4, 0.5) is 0 Å². The standard InChI is InChI=1S/C12H23N3O2/c1-15-6-2-3-9(8-15)14-12(16)11-5-4-10(7-13)17-11/h9-11H,2-8,13H2,1H3,(H,14,16). The Hall–Kier alpha value is -0.650. The second kappa shape index (κ2) is 5.80. The summed E-state index contributed by atoms with van der Waals surface area (Å²) in [7, 11) is 2.09. The molecule has 2 saturated heterocycles. The normalized spacial score (nSPS) is 34.8. The summed E-state index contributed by atoms with van der Waals surface area (Å²) in [6.07, 6.45) is 3.72. The molecule has 2 heterocycles. The Bertz CT molecular complexity index is 272. The summed E-state index contributed by atoms with van der Waals surface area (Å²) in [5.74, 6) is 0.0428. The predicted molar refractivity (Wildman–Crippen MR) is 65.6 cm³/mol. The minimum absolute atomic E-state index is 0.0428. The van der Waals surface area contributed by atoms with Crippen molar-refractivity contribution < 1.29 is 9.53 Å². The van der Waals surface area contributed by atoms with Crippen LogP contribution < -0.4 is 11.1 Å². The number of nitrogens with one attached hydrogen (secondary N) is 1. The molecule has 2 aliphatic rings. The van der Waals surface area contributed by atoms with Crippen molar-refractivity contribution in [3.05, 3.63) is 0 Å². The zero-order valence-electron chi connectivity index (χ0n) is 10.5. The van der Waals surface area contributed by atoms with Crippen molar-refractivity contribution in [2.75, 3.05) is 26.7 Å². The molecule has 98 valence electrons. The minimum Gasteiger partial charge on any atom is -0.364 e. The maximum Gasteiger partial charge on any atom is 0.249 e. The van der Waals surface area contributed by atoms with Gasteiger partial charge in [0.1, 0.15) is 6.10 Å². The van der Waals surface area contributed by atoms with Crippen LogP contribution in [0.1, 0.15) is 25.7 Å². The van der Waals surface area contributed by atoms with Gasteiger partial charge in [0, 0.05) is 19.1 Å². The Labute approximate surface area is 103 Å². The van der Waals surface area contributed by atoms with E-state index in [0.29, 0.717) is 6.54 Å². The smallest absolute Gasteiger partial charge is 0.249 e. The number of nitrogens with two attached hydrogens (primary N) is 1. The third-order valence-electron chi connectivity index (χ3n) is 3.63. The summed E-state index contributed by atoms with van der Waals surface area (Å²) >= 11 is 0. The zero-order chi connectivity index (χ0) is 12.3. The molecule has 0 aromatic carbocycles. The molecule has 2 fully saturated rings. The lowest BCUT2D eigenvalue weighted by Crippen LogP contribution is -2.49. The first kappa shape index (κ1) is 12.8. The molecule has 3 unspecified atom stereocenters. The van der Waals surface area contributed by atoms with Gasteiger partial charge in [-0.05, 0) is 39.3 Å². The van der Waals surface area contributed by atoms with Gasteiger partial charge in [0.2, 0.25) is 5.91 Å². The minimum atomic E-state index is -0.282. The highest BCUT2D eigenvalue weighted by molar-refractivity contribution is 5.81. The molecule has 2 rings (SSSR count). The summed E-state index contributed by atoms with van der Waals surface area (Å²) in [6, 6.07) is 0.279. The second-order valence-corrected chi connectivity index (χ2v) is 5.17. The number of nitrogens with zero attached hydrogens (tertiary/aromatic N) is 1. The van der Waals surface area contributed by atoms with E-state index in [1.165, 1.54) is 0 Å². The van der Waals surface area contributed by atoms with Crippen LogP contribution in [-0.2, 0) is 9.53 Å². The fourth-order valence-corrected chi connectivity index (χ4v) is 2.65. The lowest BCUT2D eigenvalue weighted by molar-refractivity contribution is -0.132. The van der Waals surface area contributed by atoms with Crippen LogP contribution in [0.5, 0.6) is 0 Å².